The maximum atomic E-state index is 16.3. The zero-order chi connectivity index (χ0) is 31.5. The predicted molar refractivity (Wildman–Crippen MR) is 170 cm³/mol. The van der Waals surface area contributed by atoms with Crippen molar-refractivity contribution in [3.63, 3.8) is 0 Å². The average Bonchev–Trinajstić information content (AvgIpc) is 3.89. The molecule has 45 heavy (non-hydrogen) atoms. The van der Waals surface area contributed by atoms with E-state index in [2.05, 4.69) is 15.6 Å². The minimum Gasteiger partial charge on any atom is -0.444 e. The number of imidazole rings is 1. The molecular weight excluding hydrogens is 595 g/mol. The Morgan fingerprint density at radius 3 is 2.64 bits per heavy atom. The van der Waals surface area contributed by atoms with E-state index in [0.717, 1.165) is 41.8 Å². The molecule has 4 aromatic rings. The monoisotopic (exact) mass is 630 g/mol. The number of benzene rings is 1. The summed E-state index contributed by atoms with van der Waals surface area (Å²) in [6.07, 6.45) is 8.03. The molecule has 0 bridgehead atoms. The second-order valence-corrected chi connectivity index (χ2v) is 13.9. The zero-order valence-corrected chi connectivity index (χ0v) is 26.3. The maximum absolute atomic E-state index is 16.3. The number of likely N-dealkylation sites (tertiary alicyclic amines) is 1. The van der Waals surface area contributed by atoms with Crippen molar-refractivity contribution in [1.82, 2.24) is 19.3 Å². The topological polar surface area (TPSA) is 101 Å². The molecule has 9 nitrogen and oxygen atoms in total. The number of carbonyl (C=O) groups excluding carboxylic acids is 2. The number of hydrogen-bond acceptors (Lipinski definition) is 6. The van der Waals surface area contributed by atoms with E-state index >= 15 is 4.39 Å². The molecule has 3 fully saturated rings. The molecule has 1 aromatic carbocycles. The van der Waals surface area contributed by atoms with Crippen LogP contribution in [0.5, 0.6) is 0 Å². The van der Waals surface area contributed by atoms with Gasteiger partial charge in [-0.05, 0) is 87.3 Å². The van der Waals surface area contributed by atoms with E-state index in [1.165, 1.54) is 4.90 Å². The molecule has 3 aromatic heterocycles. The van der Waals surface area contributed by atoms with E-state index in [4.69, 9.17) is 21.3 Å². The summed E-state index contributed by atoms with van der Waals surface area (Å²) in [5.41, 5.74) is 2.37. The summed E-state index contributed by atoms with van der Waals surface area (Å²) in [6, 6.07) is 13.2. The number of nitrogens with one attached hydrogen (secondary N) is 2. The van der Waals surface area contributed by atoms with E-state index in [-0.39, 0.29) is 30.8 Å². The molecule has 0 unspecified atom stereocenters. The van der Waals surface area contributed by atoms with Crippen molar-refractivity contribution in [2.24, 2.45) is 5.92 Å². The molecule has 1 aliphatic heterocycles. The Morgan fingerprint density at radius 2 is 1.91 bits per heavy atom. The third-order valence-electron chi connectivity index (χ3n) is 8.58. The Labute approximate surface area is 266 Å². The Hall–Kier alpha value is -4.18. The molecule has 7 rings (SSSR count). The highest BCUT2D eigenvalue weighted by Crippen LogP contribution is 2.48. The summed E-state index contributed by atoms with van der Waals surface area (Å²) in [6.45, 7) is 5.64. The van der Waals surface area contributed by atoms with Gasteiger partial charge < -0.3 is 24.7 Å². The van der Waals surface area contributed by atoms with Crippen LogP contribution in [-0.4, -0.2) is 50.0 Å². The number of fused-ring (bicyclic) bond motifs is 1. The van der Waals surface area contributed by atoms with Gasteiger partial charge in [0.2, 0.25) is 5.91 Å². The van der Waals surface area contributed by atoms with Crippen LogP contribution >= 0.6 is 11.6 Å². The van der Waals surface area contributed by atoms with Crippen molar-refractivity contribution in [2.45, 2.75) is 69.7 Å². The normalized spacial score (nSPS) is 20.4. The van der Waals surface area contributed by atoms with Crippen LogP contribution < -0.4 is 10.6 Å². The van der Waals surface area contributed by atoms with E-state index in [1.54, 1.807) is 33.0 Å². The van der Waals surface area contributed by atoms with Crippen molar-refractivity contribution < 1.29 is 18.7 Å². The molecule has 2 saturated carbocycles. The molecule has 2 amide bonds. The van der Waals surface area contributed by atoms with Gasteiger partial charge in [-0.1, -0.05) is 23.7 Å². The molecule has 2 atom stereocenters. The van der Waals surface area contributed by atoms with Gasteiger partial charge >= 0.3 is 6.09 Å². The Bertz CT molecular complexity index is 1790. The zero-order valence-electron chi connectivity index (χ0n) is 25.5. The van der Waals surface area contributed by atoms with Crippen LogP contribution in [0.15, 0.2) is 61.1 Å². The fraction of sp³-hybridized carbons (Fsp3) is 0.412. The van der Waals surface area contributed by atoms with Crippen molar-refractivity contribution in [3.8, 4) is 0 Å². The molecule has 234 valence electrons. The van der Waals surface area contributed by atoms with Crippen LogP contribution in [0.2, 0.25) is 5.02 Å². The van der Waals surface area contributed by atoms with Crippen LogP contribution in [0.4, 0.5) is 20.7 Å². The first-order chi connectivity index (χ1) is 21.4. The highest BCUT2D eigenvalue weighted by atomic mass is 35.5. The van der Waals surface area contributed by atoms with Crippen molar-refractivity contribution >= 4 is 40.8 Å². The largest absolute Gasteiger partial charge is 0.444 e. The molecule has 4 heterocycles. The first-order valence-corrected chi connectivity index (χ1v) is 15.8. The Balaban J connectivity index is 1.03. The lowest BCUT2D eigenvalue weighted by Gasteiger charge is -2.44. The number of alkyl halides is 1. The van der Waals surface area contributed by atoms with Crippen LogP contribution in [0.25, 0.3) is 5.65 Å². The fourth-order valence-electron chi connectivity index (χ4n) is 6.02. The summed E-state index contributed by atoms with van der Waals surface area (Å²) in [4.78, 5) is 35.9. The highest BCUT2D eigenvalue weighted by molar-refractivity contribution is 6.30. The minimum absolute atomic E-state index is 0.0645. The first kappa shape index (κ1) is 29.5. The van der Waals surface area contributed by atoms with Crippen LogP contribution in [0.3, 0.4) is 0 Å². The average molecular weight is 631 g/mol. The van der Waals surface area contributed by atoms with E-state index in [0.29, 0.717) is 34.5 Å². The number of aromatic nitrogens is 3. The second kappa shape index (κ2) is 11.0. The summed E-state index contributed by atoms with van der Waals surface area (Å²) >= 11 is 6.12. The van der Waals surface area contributed by atoms with Gasteiger partial charge in [-0.15, -0.1) is 0 Å². The van der Waals surface area contributed by atoms with Gasteiger partial charge in [0.15, 0.2) is 5.67 Å². The number of carbonyl (C=O) groups is 2. The molecule has 1 saturated heterocycles. The molecule has 3 aliphatic rings. The van der Waals surface area contributed by atoms with E-state index in [1.807, 2.05) is 53.2 Å². The van der Waals surface area contributed by atoms with Gasteiger partial charge in [0.1, 0.15) is 17.1 Å². The highest BCUT2D eigenvalue weighted by Gasteiger charge is 2.50. The Morgan fingerprint density at radius 1 is 1.11 bits per heavy atom. The lowest BCUT2D eigenvalue weighted by Crippen LogP contribution is -2.59. The van der Waals surface area contributed by atoms with Gasteiger partial charge in [-0.3, -0.25) is 4.79 Å². The third-order valence-corrected chi connectivity index (χ3v) is 8.81. The number of hydrogen-bond donors (Lipinski definition) is 2. The smallest absolute Gasteiger partial charge is 0.410 e. The lowest BCUT2D eigenvalue weighted by molar-refractivity contribution is -0.117. The van der Waals surface area contributed by atoms with E-state index in [9.17, 15) is 9.59 Å². The van der Waals surface area contributed by atoms with E-state index < -0.39 is 17.4 Å². The standard InChI is InChI=1S/C34H36ClFN6O3/c1-33(2,3)45-32(44)42-18-34(36,19-42)28-12-22(20-7-8-20)16-41-17-25(39-30(28)41)15-38-24-9-10-37-29(13-24)40-31(43)27-14-26(27)21-5-4-6-23(35)11-21/h4-6,9-13,16-17,20,26-27H,7-8,14-15,18-19H2,1-3H3,(H2,37,38,40,43)/t26-,27+/m1/s1. The second-order valence-electron chi connectivity index (χ2n) is 13.5. The number of amides is 2. The number of rotatable bonds is 8. The van der Waals surface area contributed by atoms with Gasteiger partial charge in [0.25, 0.3) is 0 Å². The van der Waals surface area contributed by atoms with Crippen molar-refractivity contribution in [2.75, 3.05) is 23.7 Å². The molecule has 11 heteroatoms. The van der Waals surface area contributed by atoms with Gasteiger partial charge in [-0.2, -0.15) is 0 Å². The third kappa shape index (κ3) is 6.33. The van der Waals surface area contributed by atoms with Gasteiger partial charge in [0, 0.05) is 46.8 Å². The number of anilines is 2. The number of halogens is 2. The molecule has 2 N–H and O–H groups in total. The Kier molecular flexibility index (Phi) is 7.23. The van der Waals surface area contributed by atoms with Crippen LogP contribution in [0.1, 0.15) is 74.3 Å². The molecular formula is C34H36ClFN6O3. The van der Waals surface area contributed by atoms with Crippen molar-refractivity contribution in [3.05, 3.63) is 88.5 Å². The number of ether oxygens (including phenoxy) is 1. The summed E-state index contributed by atoms with van der Waals surface area (Å²) in [5.74, 6) is 0.872. The summed E-state index contributed by atoms with van der Waals surface area (Å²) in [7, 11) is 0. The summed E-state index contributed by atoms with van der Waals surface area (Å²) < 4.78 is 23.7. The van der Waals surface area contributed by atoms with Crippen molar-refractivity contribution in [1.29, 1.82) is 0 Å². The van der Waals surface area contributed by atoms with Crippen LogP contribution in [-0.2, 0) is 21.7 Å². The number of nitrogens with zero attached hydrogens (tertiary/aromatic N) is 4. The SMILES string of the molecule is CC(C)(C)OC(=O)N1CC(F)(c2cc(C3CC3)cn3cc(CNc4ccnc(NC(=O)[C@H]5C[C@@H]5c5cccc(Cl)c5)c4)nc23)C1. The fourth-order valence-corrected chi connectivity index (χ4v) is 6.22. The first-order valence-electron chi connectivity index (χ1n) is 15.4. The lowest BCUT2D eigenvalue weighted by atomic mass is 9.87. The van der Waals surface area contributed by atoms with Gasteiger partial charge in [0.05, 0.1) is 25.3 Å². The molecule has 2 aliphatic carbocycles. The maximum Gasteiger partial charge on any atom is 0.410 e. The minimum atomic E-state index is -1.70. The molecule has 0 spiro atoms. The number of pyridine rings is 2. The van der Waals surface area contributed by atoms with Gasteiger partial charge in [-0.25, -0.2) is 19.2 Å². The quantitative estimate of drug-likeness (QED) is 0.217. The predicted octanol–water partition coefficient (Wildman–Crippen LogP) is 7.03. The molecule has 0 radical (unpaired) electrons. The summed E-state index contributed by atoms with van der Waals surface area (Å²) in [5, 5.41) is 6.96. The van der Waals surface area contributed by atoms with Crippen LogP contribution in [0, 0.1) is 5.92 Å².